The first kappa shape index (κ1) is 9.83. The quantitative estimate of drug-likeness (QED) is 0.818. The number of nitrogens with two attached hydrogens (primary N) is 1. The highest BCUT2D eigenvalue weighted by molar-refractivity contribution is 5.82. The summed E-state index contributed by atoms with van der Waals surface area (Å²) in [5.41, 5.74) is 6.67. The molecule has 0 amide bonds. The van der Waals surface area contributed by atoms with Crippen molar-refractivity contribution in [2.45, 2.75) is 19.8 Å². The number of anilines is 1. The van der Waals surface area contributed by atoms with Crippen LogP contribution in [0.5, 0.6) is 0 Å². The second-order valence-electron chi connectivity index (χ2n) is 3.41. The van der Waals surface area contributed by atoms with Gasteiger partial charge in [-0.25, -0.2) is 14.4 Å². The van der Waals surface area contributed by atoms with Crippen LogP contribution in [0.2, 0.25) is 0 Å². The van der Waals surface area contributed by atoms with Gasteiger partial charge in [0.1, 0.15) is 11.3 Å². The number of benzene rings is 1. The monoisotopic (exact) mass is 205 g/mol. The van der Waals surface area contributed by atoms with Crippen LogP contribution >= 0.6 is 0 Å². The van der Waals surface area contributed by atoms with Crippen LogP contribution in [0.1, 0.15) is 19.0 Å². The Labute approximate surface area is 87.2 Å². The molecule has 0 atom stereocenters. The second-order valence-corrected chi connectivity index (χ2v) is 3.41. The largest absolute Gasteiger partial charge is 0.368 e. The minimum atomic E-state index is -0.348. The molecule has 4 heteroatoms. The van der Waals surface area contributed by atoms with Crippen molar-refractivity contribution in [1.82, 2.24) is 9.97 Å². The van der Waals surface area contributed by atoms with Crippen LogP contribution in [0.15, 0.2) is 18.2 Å². The maximum atomic E-state index is 13.4. The fourth-order valence-electron chi connectivity index (χ4n) is 1.63. The summed E-state index contributed by atoms with van der Waals surface area (Å²) in [4.78, 5) is 8.04. The van der Waals surface area contributed by atoms with Crippen molar-refractivity contribution in [3.05, 3.63) is 29.7 Å². The molecular formula is C11H12FN3. The van der Waals surface area contributed by atoms with Crippen molar-refractivity contribution in [2.24, 2.45) is 0 Å². The molecule has 0 bridgehead atoms. The zero-order valence-electron chi connectivity index (χ0n) is 8.50. The number of hydrogen-bond donors (Lipinski definition) is 1. The SMILES string of the molecule is CCCc1nc(N)nc2c(F)cccc12. The summed E-state index contributed by atoms with van der Waals surface area (Å²) in [6.07, 6.45) is 1.73. The zero-order chi connectivity index (χ0) is 10.8. The molecule has 0 saturated heterocycles. The smallest absolute Gasteiger partial charge is 0.220 e. The van der Waals surface area contributed by atoms with Crippen molar-refractivity contribution in [3.8, 4) is 0 Å². The highest BCUT2D eigenvalue weighted by Crippen LogP contribution is 2.20. The lowest BCUT2D eigenvalue weighted by atomic mass is 10.1. The van der Waals surface area contributed by atoms with Crippen molar-refractivity contribution in [3.63, 3.8) is 0 Å². The molecule has 1 aromatic heterocycles. The zero-order valence-corrected chi connectivity index (χ0v) is 8.50. The Morgan fingerprint density at radius 2 is 2.13 bits per heavy atom. The van der Waals surface area contributed by atoms with Gasteiger partial charge in [0.25, 0.3) is 0 Å². The fourth-order valence-corrected chi connectivity index (χ4v) is 1.63. The molecule has 0 radical (unpaired) electrons. The molecule has 0 aliphatic carbocycles. The predicted molar refractivity (Wildman–Crippen MR) is 57.9 cm³/mol. The lowest BCUT2D eigenvalue weighted by Crippen LogP contribution is -2.01. The highest BCUT2D eigenvalue weighted by atomic mass is 19.1. The van der Waals surface area contributed by atoms with Gasteiger partial charge in [-0.05, 0) is 12.5 Å². The van der Waals surface area contributed by atoms with E-state index in [-0.39, 0.29) is 11.8 Å². The molecular weight excluding hydrogens is 193 g/mol. The van der Waals surface area contributed by atoms with E-state index in [1.807, 2.05) is 13.0 Å². The summed E-state index contributed by atoms with van der Waals surface area (Å²) in [5, 5.41) is 0.756. The van der Waals surface area contributed by atoms with Crippen molar-refractivity contribution < 1.29 is 4.39 Å². The lowest BCUT2D eigenvalue weighted by molar-refractivity contribution is 0.636. The Morgan fingerprint density at radius 3 is 2.87 bits per heavy atom. The molecule has 0 aliphatic heterocycles. The first-order chi connectivity index (χ1) is 7.22. The molecule has 1 heterocycles. The summed E-state index contributed by atoms with van der Waals surface area (Å²) >= 11 is 0. The van der Waals surface area contributed by atoms with Crippen molar-refractivity contribution in [1.29, 1.82) is 0 Å². The Bertz CT molecular complexity index is 496. The van der Waals surface area contributed by atoms with Crippen LogP contribution in [0, 0.1) is 5.82 Å². The molecule has 2 rings (SSSR count). The van der Waals surface area contributed by atoms with E-state index in [4.69, 9.17) is 5.73 Å². The maximum absolute atomic E-state index is 13.4. The van der Waals surface area contributed by atoms with Gasteiger partial charge in [-0.2, -0.15) is 0 Å². The van der Waals surface area contributed by atoms with Gasteiger partial charge in [0.05, 0.1) is 5.69 Å². The number of aryl methyl sites for hydroxylation is 1. The van der Waals surface area contributed by atoms with Crippen LogP contribution in [0.4, 0.5) is 10.3 Å². The molecule has 0 saturated carbocycles. The highest BCUT2D eigenvalue weighted by Gasteiger charge is 2.08. The molecule has 2 N–H and O–H groups in total. The Morgan fingerprint density at radius 1 is 1.33 bits per heavy atom. The second kappa shape index (κ2) is 3.81. The molecule has 0 unspecified atom stereocenters. The molecule has 1 aromatic carbocycles. The lowest BCUT2D eigenvalue weighted by Gasteiger charge is -2.05. The first-order valence-electron chi connectivity index (χ1n) is 4.93. The van der Waals surface area contributed by atoms with Crippen molar-refractivity contribution >= 4 is 16.9 Å². The standard InChI is InChI=1S/C11H12FN3/c1-2-4-9-7-5-3-6-8(12)10(7)15-11(13)14-9/h3,5-6H,2,4H2,1H3,(H2,13,14,15). The summed E-state index contributed by atoms with van der Waals surface area (Å²) in [5.74, 6) is -0.213. The Kier molecular flexibility index (Phi) is 2.49. The summed E-state index contributed by atoms with van der Waals surface area (Å²) in [7, 11) is 0. The topological polar surface area (TPSA) is 51.8 Å². The fraction of sp³-hybridized carbons (Fsp3) is 0.273. The molecule has 15 heavy (non-hydrogen) atoms. The van der Waals surface area contributed by atoms with Gasteiger partial charge in [-0.3, -0.25) is 0 Å². The van der Waals surface area contributed by atoms with E-state index in [1.165, 1.54) is 6.07 Å². The third kappa shape index (κ3) is 1.75. The number of nitrogen functional groups attached to an aromatic ring is 1. The van der Waals surface area contributed by atoms with Gasteiger partial charge in [0.15, 0.2) is 0 Å². The molecule has 0 aliphatic rings. The average Bonchev–Trinajstić information content (AvgIpc) is 2.20. The van der Waals surface area contributed by atoms with E-state index in [1.54, 1.807) is 6.07 Å². The van der Waals surface area contributed by atoms with Crippen LogP contribution < -0.4 is 5.73 Å². The van der Waals surface area contributed by atoms with Gasteiger partial charge in [0, 0.05) is 5.39 Å². The summed E-state index contributed by atoms with van der Waals surface area (Å²) in [6, 6.07) is 4.86. The Hall–Kier alpha value is -1.71. The van der Waals surface area contributed by atoms with E-state index < -0.39 is 0 Å². The Balaban J connectivity index is 2.74. The number of nitrogens with zero attached hydrogens (tertiary/aromatic N) is 2. The summed E-state index contributed by atoms with van der Waals surface area (Å²) < 4.78 is 13.4. The minimum absolute atomic E-state index is 0.135. The number of fused-ring (bicyclic) bond motifs is 1. The number of rotatable bonds is 2. The van der Waals surface area contributed by atoms with Crippen LogP contribution in [0.25, 0.3) is 10.9 Å². The molecule has 3 nitrogen and oxygen atoms in total. The van der Waals surface area contributed by atoms with Gasteiger partial charge in [-0.15, -0.1) is 0 Å². The number of halogens is 1. The predicted octanol–water partition coefficient (Wildman–Crippen LogP) is 2.30. The van der Waals surface area contributed by atoms with E-state index in [9.17, 15) is 4.39 Å². The normalized spacial score (nSPS) is 10.8. The van der Waals surface area contributed by atoms with Gasteiger partial charge in [0.2, 0.25) is 5.95 Å². The number of para-hydroxylation sites is 1. The van der Waals surface area contributed by atoms with Crippen molar-refractivity contribution in [2.75, 3.05) is 5.73 Å². The van der Waals surface area contributed by atoms with E-state index >= 15 is 0 Å². The third-order valence-electron chi connectivity index (χ3n) is 2.26. The van der Waals surface area contributed by atoms with Crippen LogP contribution in [-0.4, -0.2) is 9.97 Å². The van der Waals surface area contributed by atoms with Gasteiger partial charge < -0.3 is 5.73 Å². The minimum Gasteiger partial charge on any atom is -0.368 e. The van der Waals surface area contributed by atoms with Crippen LogP contribution in [-0.2, 0) is 6.42 Å². The van der Waals surface area contributed by atoms with Gasteiger partial charge in [-0.1, -0.05) is 25.5 Å². The van der Waals surface area contributed by atoms with Gasteiger partial charge >= 0.3 is 0 Å². The number of hydrogen-bond acceptors (Lipinski definition) is 3. The molecule has 78 valence electrons. The molecule has 0 spiro atoms. The van der Waals surface area contributed by atoms with E-state index in [2.05, 4.69) is 9.97 Å². The van der Waals surface area contributed by atoms with E-state index in [0.717, 1.165) is 23.9 Å². The average molecular weight is 205 g/mol. The third-order valence-corrected chi connectivity index (χ3v) is 2.26. The molecule has 0 fully saturated rings. The molecule has 2 aromatic rings. The van der Waals surface area contributed by atoms with E-state index in [0.29, 0.717) is 5.52 Å². The number of aromatic nitrogens is 2. The maximum Gasteiger partial charge on any atom is 0.220 e. The first-order valence-corrected chi connectivity index (χ1v) is 4.93. The summed E-state index contributed by atoms with van der Waals surface area (Å²) in [6.45, 7) is 2.05. The van der Waals surface area contributed by atoms with Crippen LogP contribution in [0.3, 0.4) is 0 Å².